The van der Waals surface area contributed by atoms with Crippen LogP contribution in [0.2, 0.25) is 0 Å². The van der Waals surface area contributed by atoms with Gasteiger partial charge in [-0.3, -0.25) is 9.29 Å². The van der Waals surface area contributed by atoms with Crippen LogP contribution in [0.3, 0.4) is 0 Å². The first-order chi connectivity index (χ1) is 8.85. The summed E-state index contributed by atoms with van der Waals surface area (Å²) in [5.41, 5.74) is 1.15. The van der Waals surface area contributed by atoms with Crippen molar-refractivity contribution in [3.05, 3.63) is 29.8 Å². The zero-order chi connectivity index (χ0) is 12.8. The first kappa shape index (κ1) is 13.3. The van der Waals surface area contributed by atoms with Gasteiger partial charge in [0.2, 0.25) is 0 Å². The van der Waals surface area contributed by atoms with E-state index in [1.165, 1.54) is 0 Å². The second-order valence-electron chi connectivity index (χ2n) is 4.56. The van der Waals surface area contributed by atoms with Crippen LogP contribution in [-0.4, -0.2) is 44.9 Å². The molecule has 1 aliphatic rings. The molecule has 100 valence electrons. The smallest absolute Gasteiger partial charge is 0.119 e. The number of hydrogen-bond acceptors (Lipinski definition) is 3. The highest BCUT2D eigenvalue weighted by atomic mass is 19.1. The maximum absolute atomic E-state index is 12.8. The van der Waals surface area contributed by atoms with Crippen LogP contribution in [0.5, 0.6) is 5.75 Å². The van der Waals surface area contributed by atoms with Crippen molar-refractivity contribution in [3.63, 3.8) is 0 Å². The van der Waals surface area contributed by atoms with Gasteiger partial charge in [0, 0.05) is 32.2 Å². The van der Waals surface area contributed by atoms with Gasteiger partial charge in [0.05, 0.1) is 13.8 Å². The maximum atomic E-state index is 12.8. The average molecular weight is 252 g/mol. The number of rotatable bonds is 5. The number of nitrogens with zero attached hydrogens (tertiary/aromatic N) is 1. The molecule has 1 aromatic carbocycles. The number of ether oxygens (including phenoxy) is 1. The van der Waals surface area contributed by atoms with E-state index >= 15 is 0 Å². The minimum Gasteiger partial charge on any atom is -0.497 e. The Morgan fingerprint density at radius 3 is 2.83 bits per heavy atom. The molecule has 0 unspecified atom stereocenters. The highest BCUT2D eigenvalue weighted by Crippen LogP contribution is 2.27. The van der Waals surface area contributed by atoms with E-state index in [4.69, 9.17) is 4.74 Å². The summed E-state index contributed by atoms with van der Waals surface area (Å²) in [5, 5.41) is 3.33. The molecule has 1 fully saturated rings. The van der Waals surface area contributed by atoms with Crippen molar-refractivity contribution in [2.75, 3.05) is 40.0 Å². The Morgan fingerprint density at radius 1 is 1.39 bits per heavy atom. The van der Waals surface area contributed by atoms with Gasteiger partial charge in [0.1, 0.15) is 5.75 Å². The van der Waals surface area contributed by atoms with E-state index in [9.17, 15) is 4.39 Å². The summed E-state index contributed by atoms with van der Waals surface area (Å²) < 4.78 is 18.0. The average Bonchev–Trinajstić information content (AvgIpc) is 2.46. The van der Waals surface area contributed by atoms with E-state index in [1.807, 2.05) is 18.2 Å². The fourth-order valence-corrected chi connectivity index (χ4v) is 2.51. The van der Waals surface area contributed by atoms with Crippen molar-refractivity contribution in [1.82, 2.24) is 10.2 Å². The summed E-state index contributed by atoms with van der Waals surface area (Å²) in [4.78, 5) is 2.35. The molecule has 1 aliphatic heterocycles. The molecule has 0 bridgehead atoms. The van der Waals surface area contributed by atoms with Gasteiger partial charge >= 0.3 is 0 Å². The molecule has 1 aromatic rings. The van der Waals surface area contributed by atoms with Crippen LogP contribution in [0.1, 0.15) is 18.0 Å². The second kappa shape index (κ2) is 6.71. The minimum absolute atomic E-state index is 0.159. The Hall–Kier alpha value is -1.13. The van der Waals surface area contributed by atoms with Crippen LogP contribution < -0.4 is 10.1 Å². The molecule has 1 N–H and O–H groups in total. The van der Waals surface area contributed by atoms with Gasteiger partial charge < -0.3 is 10.1 Å². The van der Waals surface area contributed by atoms with E-state index in [-0.39, 0.29) is 12.7 Å². The molecule has 0 amide bonds. The molecular formula is C14H21FN2O. The molecule has 1 atom stereocenters. The van der Waals surface area contributed by atoms with E-state index in [2.05, 4.69) is 16.3 Å². The SMILES string of the molecule is COc1cccc([C@H](CCF)N2CCNCC2)c1. The first-order valence-corrected chi connectivity index (χ1v) is 6.50. The highest BCUT2D eigenvalue weighted by Gasteiger charge is 2.22. The lowest BCUT2D eigenvalue weighted by atomic mass is 10.0. The number of methoxy groups -OCH3 is 1. The summed E-state index contributed by atoms with van der Waals surface area (Å²) in [6.45, 7) is 3.62. The fourth-order valence-electron chi connectivity index (χ4n) is 2.51. The van der Waals surface area contributed by atoms with Gasteiger partial charge in [0.25, 0.3) is 0 Å². The zero-order valence-electron chi connectivity index (χ0n) is 10.9. The minimum atomic E-state index is -0.286. The highest BCUT2D eigenvalue weighted by molar-refractivity contribution is 5.30. The lowest BCUT2D eigenvalue weighted by Gasteiger charge is -2.35. The molecule has 0 saturated carbocycles. The Balaban J connectivity index is 2.16. The van der Waals surface area contributed by atoms with E-state index in [0.717, 1.165) is 37.5 Å². The molecule has 0 aliphatic carbocycles. The van der Waals surface area contributed by atoms with Crippen LogP contribution in [0, 0.1) is 0 Å². The Labute approximate surface area is 108 Å². The molecular weight excluding hydrogens is 231 g/mol. The molecule has 1 heterocycles. The van der Waals surface area contributed by atoms with Gasteiger partial charge in [-0.1, -0.05) is 12.1 Å². The van der Waals surface area contributed by atoms with Crippen molar-refractivity contribution < 1.29 is 9.13 Å². The van der Waals surface area contributed by atoms with E-state index in [1.54, 1.807) is 7.11 Å². The molecule has 18 heavy (non-hydrogen) atoms. The first-order valence-electron chi connectivity index (χ1n) is 6.50. The van der Waals surface area contributed by atoms with Crippen molar-refractivity contribution >= 4 is 0 Å². The van der Waals surface area contributed by atoms with Gasteiger partial charge in [-0.15, -0.1) is 0 Å². The van der Waals surface area contributed by atoms with Crippen LogP contribution in [-0.2, 0) is 0 Å². The number of hydrogen-bond donors (Lipinski definition) is 1. The standard InChI is InChI=1S/C14H21FN2O/c1-18-13-4-2-3-12(11-13)14(5-6-15)17-9-7-16-8-10-17/h2-4,11,14,16H,5-10H2,1H3/t14-/m0/s1. The Bertz CT molecular complexity index is 367. The van der Waals surface area contributed by atoms with Crippen molar-refractivity contribution in [2.24, 2.45) is 0 Å². The maximum Gasteiger partial charge on any atom is 0.119 e. The van der Waals surface area contributed by atoms with E-state index in [0.29, 0.717) is 6.42 Å². The van der Waals surface area contributed by atoms with Gasteiger partial charge in [0.15, 0.2) is 0 Å². The van der Waals surface area contributed by atoms with Crippen LogP contribution in [0.4, 0.5) is 4.39 Å². The number of piperazine rings is 1. The number of alkyl halides is 1. The monoisotopic (exact) mass is 252 g/mol. The molecule has 4 heteroatoms. The molecule has 2 rings (SSSR count). The summed E-state index contributed by atoms with van der Waals surface area (Å²) >= 11 is 0. The molecule has 1 saturated heterocycles. The molecule has 3 nitrogen and oxygen atoms in total. The number of halogens is 1. The largest absolute Gasteiger partial charge is 0.497 e. The predicted octanol–water partition coefficient (Wildman–Crippen LogP) is 2.00. The molecule has 0 aromatic heterocycles. The van der Waals surface area contributed by atoms with Crippen molar-refractivity contribution in [1.29, 1.82) is 0 Å². The van der Waals surface area contributed by atoms with Crippen molar-refractivity contribution in [2.45, 2.75) is 12.5 Å². The number of nitrogens with one attached hydrogen (secondary N) is 1. The summed E-state index contributed by atoms with van der Waals surface area (Å²) in [6.07, 6.45) is 0.549. The third kappa shape index (κ3) is 3.21. The van der Waals surface area contributed by atoms with Gasteiger partial charge in [-0.2, -0.15) is 0 Å². The normalized spacial score (nSPS) is 18.6. The predicted molar refractivity (Wildman–Crippen MR) is 70.8 cm³/mol. The Morgan fingerprint density at radius 2 is 2.17 bits per heavy atom. The number of benzene rings is 1. The van der Waals surface area contributed by atoms with Crippen molar-refractivity contribution in [3.8, 4) is 5.75 Å². The Kier molecular flexibility index (Phi) is 4.96. The summed E-state index contributed by atoms with van der Waals surface area (Å²) in [7, 11) is 1.66. The lowest BCUT2D eigenvalue weighted by molar-refractivity contribution is 0.157. The summed E-state index contributed by atoms with van der Waals surface area (Å²) in [5.74, 6) is 0.839. The fraction of sp³-hybridized carbons (Fsp3) is 0.571. The van der Waals surface area contributed by atoms with Crippen LogP contribution in [0.25, 0.3) is 0 Å². The molecule has 0 spiro atoms. The second-order valence-corrected chi connectivity index (χ2v) is 4.56. The topological polar surface area (TPSA) is 24.5 Å². The van der Waals surface area contributed by atoms with Crippen LogP contribution in [0.15, 0.2) is 24.3 Å². The lowest BCUT2D eigenvalue weighted by Crippen LogP contribution is -2.45. The molecule has 0 radical (unpaired) electrons. The van der Waals surface area contributed by atoms with E-state index < -0.39 is 0 Å². The third-order valence-electron chi connectivity index (χ3n) is 3.45. The van der Waals surface area contributed by atoms with Gasteiger partial charge in [-0.25, -0.2) is 0 Å². The summed E-state index contributed by atoms with van der Waals surface area (Å²) in [6, 6.07) is 8.13. The van der Waals surface area contributed by atoms with Crippen LogP contribution >= 0.6 is 0 Å². The zero-order valence-corrected chi connectivity index (χ0v) is 10.9. The third-order valence-corrected chi connectivity index (χ3v) is 3.45. The quantitative estimate of drug-likeness (QED) is 0.867. The van der Waals surface area contributed by atoms with Gasteiger partial charge in [-0.05, 0) is 24.1 Å².